The fourth-order valence-electron chi connectivity index (χ4n) is 7.06. The summed E-state index contributed by atoms with van der Waals surface area (Å²) in [6, 6.07) is 1.92. The Kier molecular flexibility index (Phi) is 6.79. The van der Waals surface area contributed by atoms with Crippen molar-refractivity contribution in [2.75, 3.05) is 13.2 Å². The van der Waals surface area contributed by atoms with Crippen LogP contribution in [0.5, 0.6) is 0 Å². The van der Waals surface area contributed by atoms with Gasteiger partial charge in [-0.3, -0.25) is 14.4 Å². The van der Waals surface area contributed by atoms with Gasteiger partial charge < -0.3 is 28.5 Å². The van der Waals surface area contributed by atoms with Crippen molar-refractivity contribution in [2.45, 2.75) is 84.2 Å². The minimum absolute atomic E-state index is 0.127. The zero-order valence-corrected chi connectivity index (χ0v) is 21.1. The van der Waals surface area contributed by atoms with E-state index in [0.29, 0.717) is 12.8 Å². The molecule has 0 amide bonds. The minimum atomic E-state index is -1.19. The molecular weight excluding hydrogens is 456 g/mol. The Morgan fingerprint density at radius 2 is 1.80 bits per heavy atom. The van der Waals surface area contributed by atoms with E-state index in [1.54, 1.807) is 12.5 Å². The molecule has 1 N–H and O–H groups in total. The van der Waals surface area contributed by atoms with Crippen molar-refractivity contribution in [3.63, 3.8) is 0 Å². The van der Waals surface area contributed by atoms with Crippen LogP contribution in [-0.2, 0) is 39.8 Å². The molecule has 0 radical (unpaired) electrons. The van der Waals surface area contributed by atoms with E-state index in [-0.39, 0.29) is 25.0 Å². The zero-order valence-electron chi connectivity index (χ0n) is 21.1. The molecule has 1 aliphatic heterocycles. The highest BCUT2D eigenvalue weighted by Gasteiger charge is 2.79. The van der Waals surface area contributed by atoms with Crippen molar-refractivity contribution >= 4 is 17.9 Å². The van der Waals surface area contributed by atoms with Crippen LogP contribution >= 0.6 is 0 Å². The molecule has 3 fully saturated rings. The molecule has 8 atom stereocenters. The molecule has 9 heteroatoms. The number of carbonyl (C=O) groups excluding carboxylic acids is 3. The third-order valence-electron chi connectivity index (χ3n) is 8.93. The summed E-state index contributed by atoms with van der Waals surface area (Å²) in [7, 11) is 0. The lowest BCUT2D eigenvalue weighted by molar-refractivity contribution is -0.276. The first-order valence-corrected chi connectivity index (χ1v) is 12.3. The van der Waals surface area contributed by atoms with Crippen molar-refractivity contribution in [1.82, 2.24) is 0 Å². The molecule has 35 heavy (non-hydrogen) atoms. The Hall–Kier alpha value is -2.39. The highest BCUT2D eigenvalue weighted by molar-refractivity contribution is 5.67. The molecule has 1 spiro atoms. The Bertz CT molecular complexity index is 952. The maximum atomic E-state index is 12.1. The molecule has 1 aromatic rings. The largest absolute Gasteiger partial charge is 0.472 e. The Morgan fingerprint density at radius 1 is 1.11 bits per heavy atom. The van der Waals surface area contributed by atoms with E-state index in [9.17, 15) is 19.5 Å². The summed E-state index contributed by atoms with van der Waals surface area (Å²) in [5.74, 6) is -1.79. The van der Waals surface area contributed by atoms with Crippen LogP contribution in [0.4, 0.5) is 0 Å². The number of carbonyl (C=O) groups is 3. The summed E-state index contributed by atoms with van der Waals surface area (Å²) in [5, 5.41) is 12.0. The summed E-state index contributed by atoms with van der Waals surface area (Å²) in [4.78, 5) is 36.1. The topological polar surface area (TPSA) is 125 Å². The number of aliphatic hydroxyl groups is 1. The van der Waals surface area contributed by atoms with Crippen molar-refractivity contribution in [2.24, 2.45) is 22.7 Å². The predicted molar refractivity (Wildman–Crippen MR) is 122 cm³/mol. The molecule has 9 nitrogen and oxygen atoms in total. The van der Waals surface area contributed by atoms with Gasteiger partial charge in [0.05, 0.1) is 24.5 Å². The molecule has 8 unspecified atom stereocenters. The number of esters is 3. The fraction of sp³-hybridized carbons (Fsp3) is 0.731. The molecule has 2 saturated carbocycles. The number of ether oxygens (including phenoxy) is 4. The molecule has 1 aromatic heterocycles. The van der Waals surface area contributed by atoms with Crippen molar-refractivity contribution in [3.8, 4) is 0 Å². The van der Waals surface area contributed by atoms with Crippen LogP contribution in [0.3, 0.4) is 0 Å². The van der Waals surface area contributed by atoms with E-state index in [1.165, 1.54) is 20.8 Å². The third-order valence-corrected chi connectivity index (χ3v) is 8.93. The average Bonchev–Trinajstić information content (AvgIpc) is 3.40. The van der Waals surface area contributed by atoms with Crippen LogP contribution in [0.1, 0.15) is 59.4 Å². The van der Waals surface area contributed by atoms with E-state index in [0.717, 1.165) is 18.4 Å². The van der Waals surface area contributed by atoms with Gasteiger partial charge in [-0.25, -0.2) is 0 Å². The van der Waals surface area contributed by atoms with E-state index in [1.807, 2.05) is 13.0 Å². The molecule has 3 aliphatic rings. The lowest BCUT2D eigenvalue weighted by atomic mass is 9.41. The van der Waals surface area contributed by atoms with Gasteiger partial charge in [-0.05, 0) is 48.6 Å². The van der Waals surface area contributed by atoms with E-state index >= 15 is 0 Å². The fourth-order valence-corrected chi connectivity index (χ4v) is 7.06. The van der Waals surface area contributed by atoms with Crippen LogP contribution in [0.15, 0.2) is 23.0 Å². The monoisotopic (exact) mass is 492 g/mol. The van der Waals surface area contributed by atoms with Crippen LogP contribution in [0.2, 0.25) is 0 Å². The normalized spacial score (nSPS) is 40.0. The van der Waals surface area contributed by atoms with Crippen molar-refractivity contribution in [1.29, 1.82) is 0 Å². The number of hydrogen-bond acceptors (Lipinski definition) is 9. The smallest absolute Gasteiger partial charge is 0.303 e. The minimum Gasteiger partial charge on any atom is -0.472 e. The molecule has 0 bridgehead atoms. The van der Waals surface area contributed by atoms with Gasteiger partial charge in [0.15, 0.2) is 0 Å². The summed E-state index contributed by atoms with van der Waals surface area (Å²) in [5.41, 5.74) is -1.55. The number of aryl methyl sites for hydroxylation is 1. The summed E-state index contributed by atoms with van der Waals surface area (Å²) in [6.07, 6.45) is 3.33. The second-order valence-corrected chi connectivity index (χ2v) is 10.7. The number of fused-ring (bicyclic) bond motifs is 2. The Balaban J connectivity index is 1.83. The molecule has 0 aromatic carbocycles. The number of furan rings is 1. The average molecular weight is 493 g/mol. The second-order valence-electron chi connectivity index (χ2n) is 10.7. The molecule has 4 rings (SSSR count). The van der Waals surface area contributed by atoms with Gasteiger partial charge in [-0.2, -0.15) is 0 Å². The van der Waals surface area contributed by atoms with Crippen molar-refractivity contribution < 1.29 is 42.9 Å². The van der Waals surface area contributed by atoms with E-state index in [2.05, 4.69) is 6.92 Å². The third kappa shape index (κ3) is 4.16. The lowest BCUT2D eigenvalue weighted by Gasteiger charge is -2.65. The SMILES string of the molecule is CC(=O)OCC12C(O)C(OC(C)=O)C(C)C(C)(CCc3ccoc3)C1CCC(OC(C)=O)C21CO1. The van der Waals surface area contributed by atoms with Crippen LogP contribution in [0.25, 0.3) is 0 Å². The quantitative estimate of drug-likeness (QED) is 0.347. The van der Waals surface area contributed by atoms with E-state index < -0.39 is 52.7 Å². The first-order valence-electron chi connectivity index (χ1n) is 12.3. The first kappa shape index (κ1) is 25.7. The summed E-state index contributed by atoms with van der Waals surface area (Å²) in [6.45, 7) is 8.25. The van der Waals surface area contributed by atoms with Crippen molar-refractivity contribution in [3.05, 3.63) is 24.2 Å². The van der Waals surface area contributed by atoms with Gasteiger partial charge in [-0.15, -0.1) is 0 Å². The summed E-state index contributed by atoms with van der Waals surface area (Å²) >= 11 is 0. The van der Waals surface area contributed by atoms with Gasteiger partial charge in [-0.1, -0.05) is 13.8 Å². The number of epoxide rings is 1. The maximum absolute atomic E-state index is 12.1. The zero-order chi connectivity index (χ0) is 25.6. The molecule has 1 saturated heterocycles. The molecule has 2 aliphatic carbocycles. The number of hydrogen-bond donors (Lipinski definition) is 1. The standard InChI is InChI=1S/C26H36O9/c1-15-22(35-18(4)29)23(30)25(13-32-16(2)27)20(24(15,5)10-8-19-9-11-31-12-19)6-7-21(34-17(3)28)26(25)14-33-26/h9,11-12,15,20-23,30H,6-8,10,13-14H2,1-5H3. The van der Waals surface area contributed by atoms with Crippen LogP contribution in [-0.4, -0.2) is 60.1 Å². The van der Waals surface area contributed by atoms with Crippen LogP contribution in [0, 0.1) is 22.7 Å². The molecular formula is C26H36O9. The second kappa shape index (κ2) is 9.24. The van der Waals surface area contributed by atoms with Gasteiger partial charge in [0, 0.05) is 26.7 Å². The molecule has 194 valence electrons. The molecule has 2 heterocycles. The number of rotatable bonds is 7. The van der Waals surface area contributed by atoms with Gasteiger partial charge in [0.2, 0.25) is 0 Å². The summed E-state index contributed by atoms with van der Waals surface area (Å²) < 4.78 is 28.4. The van der Waals surface area contributed by atoms with E-state index in [4.69, 9.17) is 23.4 Å². The number of aliphatic hydroxyl groups excluding tert-OH is 1. The highest BCUT2D eigenvalue weighted by Crippen LogP contribution is 2.69. The Morgan fingerprint density at radius 3 is 2.34 bits per heavy atom. The Labute approximate surface area is 205 Å². The first-order chi connectivity index (χ1) is 16.5. The predicted octanol–water partition coefficient (Wildman–Crippen LogP) is 2.82. The van der Waals surface area contributed by atoms with Crippen LogP contribution < -0.4 is 0 Å². The van der Waals surface area contributed by atoms with Gasteiger partial charge in [0.1, 0.15) is 30.5 Å². The van der Waals surface area contributed by atoms with Gasteiger partial charge >= 0.3 is 17.9 Å². The van der Waals surface area contributed by atoms with Gasteiger partial charge in [0.25, 0.3) is 0 Å². The lowest BCUT2D eigenvalue weighted by Crippen LogP contribution is -2.74. The maximum Gasteiger partial charge on any atom is 0.303 e. The highest BCUT2D eigenvalue weighted by atomic mass is 16.6.